The molecule has 10 bridgehead atoms. The molecule has 6 aromatic rings. The van der Waals surface area contributed by atoms with Gasteiger partial charge in [0.25, 0.3) is 5.91 Å². The number of esters is 6. The van der Waals surface area contributed by atoms with Crippen molar-refractivity contribution in [2.75, 3.05) is 13.7 Å². The number of hydrogen-bond acceptors (Lipinski definition) is 20. The van der Waals surface area contributed by atoms with Crippen LogP contribution in [0.1, 0.15) is 200 Å². The highest BCUT2D eigenvalue weighted by atomic mass is 16.6. The number of aliphatic hydroxyl groups excluding tert-OH is 1. The third-order valence-corrected chi connectivity index (χ3v) is 23.3. The number of hydrogen-bond donors (Lipinski definition) is 5. The van der Waals surface area contributed by atoms with E-state index < -0.39 is 161 Å². The van der Waals surface area contributed by atoms with E-state index in [1.54, 1.807) is 106 Å². The van der Waals surface area contributed by atoms with Crippen molar-refractivity contribution in [2.24, 2.45) is 16.7 Å². The maximum atomic E-state index is 16.2. The Hall–Kier alpha value is -10.5. The topological polar surface area (TPSA) is 328 Å². The van der Waals surface area contributed by atoms with Crippen molar-refractivity contribution < 1.29 is 86.5 Å². The number of aromatic nitrogens is 4. The second-order valence-electron chi connectivity index (χ2n) is 29.3. The summed E-state index contributed by atoms with van der Waals surface area (Å²) in [5, 5.41) is 29.8. The van der Waals surface area contributed by atoms with Gasteiger partial charge in [0.05, 0.1) is 59.3 Å². The van der Waals surface area contributed by atoms with E-state index in [1.807, 2.05) is 45.9 Å². The number of aryl methyl sites for hydroxylation is 2. The van der Waals surface area contributed by atoms with Crippen molar-refractivity contribution in [3.63, 3.8) is 0 Å². The molecule has 14 atom stereocenters. The Morgan fingerprint density at radius 2 is 1.46 bits per heavy atom. The van der Waals surface area contributed by atoms with Crippen LogP contribution in [0.25, 0.3) is 39.3 Å². The van der Waals surface area contributed by atoms with Gasteiger partial charge < -0.3 is 58.7 Å². The molecule has 23 heteroatoms. The number of H-pyrrole nitrogens is 2. The minimum atomic E-state index is -2.57. The molecule has 0 radical (unpaired) electrons. The summed E-state index contributed by atoms with van der Waals surface area (Å²) < 4.78 is 43.5. The number of rotatable bonds is 17. The Balaban J connectivity index is 0.941. The molecule has 7 aliphatic rings. The fourth-order valence-corrected chi connectivity index (χ4v) is 17.6. The number of ketones is 2. The van der Waals surface area contributed by atoms with E-state index >= 15 is 19.2 Å². The van der Waals surface area contributed by atoms with Crippen LogP contribution in [0.5, 0.6) is 0 Å². The van der Waals surface area contributed by atoms with Gasteiger partial charge in [-0.2, -0.15) is 0 Å². The largest absolute Gasteiger partial charge is 0.468 e. The van der Waals surface area contributed by atoms with Crippen LogP contribution in [0.4, 0.5) is 0 Å². The van der Waals surface area contributed by atoms with Crippen molar-refractivity contribution in [2.45, 2.75) is 180 Å². The number of ether oxygens (including phenoxy) is 7. The van der Waals surface area contributed by atoms with Gasteiger partial charge in [-0.3, -0.25) is 38.5 Å². The summed E-state index contributed by atoms with van der Waals surface area (Å²) in [6.07, 6.45) is -9.59. The number of aliphatic hydroxyl groups is 2. The van der Waals surface area contributed by atoms with Crippen LogP contribution in [0.15, 0.2) is 127 Å². The number of allylic oxidation sites excluding steroid dienone is 2. The van der Waals surface area contributed by atoms with Crippen LogP contribution in [0.3, 0.4) is 0 Å². The summed E-state index contributed by atoms with van der Waals surface area (Å²) in [5.74, 6) is -12.5. The van der Waals surface area contributed by atoms with Crippen molar-refractivity contribution in [1.82, 2.24) is 25.3 Å². The van der Waals surface area contributed by atoms with Crippen molar-refractivity contribution >= 4 is 92.6 Å². The maximum Gasteiger partial charge on any atom is 0.350 e. The third kappa shape index (κ3) is 12.0. The zero-order chi connectivity index (χ0) is 75.3. The lowest BCUT2D eigenvalue weighted by atomic mass is 9.44. The van der Waals surface area contributed by atoms with Gasteiger partial charge in [-0.05, 0) is 129 Å². The molecule has 0 spiro atoms. The molecule has 13 rings (SSSR count). The first-order valence-corrected chi connectivity index (χ1v) is 35.4. The van der Waals surface area contributed by atoms with Crippen LogP contribution < -0.4 is 5.32 Å². The molecule has 23 nitrogen and oxygen atoms in total. The lowest BCUT2D eigenvalue weighted by Gasteiger charge is -2.67. The predicted octanol–water partition coefficient (Wildman–Crippen LogP) is 11.3. The monoisotopic (exact) mass is 1430 g/mol. The first-order valence-electron chi connectivity index (χ1n) is 35.4. The van der Waals surface area contributed by atoms with Crippen molar-refractivity contribution in [3.8, 4) is 0 Å². The Labute approximate surface area is 606 Å². The van der Waals surface area contributed by atoms with Gasteiger partial charge in [0.15, 0.2) is 23.3 Å². The first kappa shape index (κ1) is 72.8. The molecule has 1 saturated heterocycles. The van der Waals surface area contributed by atoms with Crippen LogP contribution in [0.2, 0.25) is 0 Å². The fraction of sp³-hybridized carbons (Fsp3) is 0.402. The van der Waals surface area contributed by atoms with Crippen LogP contribution in [-0.2, 0) is 61.9 Å². The quantitative estimate of drug-likeness (QED) is 0.0245. The van der Waals surface area contributed by atoms with Gasteiger partial charge in [-0.15, -0.1) is 0 Å². The van der Waals surface area contributed by atoms with Gasteiger partial charge in [0.1, 0.15) is 35.9 Å². The number of Topliss-reactive ketones (excluding diaryl/α,β-unsaturated/α-hetero) is 2. The summed E-state index contributed by atoms with van der Waals surface area (Å²) in [7, 11) is 1.20. The van der Waals surface area contributed by atoms with E-state index in [0.29, 0.717) is 45.6 Å². The molecule has 3 aromatic carbocycles. The smallest absolute Gasteiger partial charge is 0.350 e. The summed E-state index contributed by atoms with van der Waals surface area (Å²) in [5.41, 5.74) is 1.35. The molecule has 5 N–H and O–H groups in total. The maximum absolute atomic E-state index is 16.2. The zero-order valence-electron chi connectivity index (χ0n) is 60.6. The standard InChI is InChI=1S/C82H85N5O18/c1-14-49-39(3)52-33-54-41(5)51(67(85-54)63-64(77(96)99-13)69(92)62-42(6)55(86-68(62)63)35-57-50(15-2)40(4)53(84-57)34-56(49)83-52)31-32-61(91)103-71(66(46-25-19-16-20-26-46)87-75(94)47-27-21-17-22-28-47)78(97)102-58-37-82(98)74(104-76(95)48-29-23-18-24-30-48)72-80(12,59(90)36-60-81(72,38-100-60)105-45(9)89)73(93)70(101-44(8)88)65(43(58)7)79(82,10)11/h14,16-30,33-35,41,51,58-60,64,66,70-72,74,83,86,90,98H,1,15,31-32,36-38H2,2-13H3,(H,87,94)/t41-,51-,58-,59-,60+,64?,66+,70+,71-,72-,74-,80+,81-,82+/m0/s1. The number of carbonyl (C=O) groups excluding carboxylic acids is 9. The fourth-order valence-electron chi connectivity index (χ4n) is 17.6. The molecule has 1 unspecified atom stereocenters. The van der Waals surface area contributed by atoms with Crippen LogP contribution in [0, 0.1) is 30.6 Å². The second kappa shape index (κ2) is 27.5. The van der Waals surface area contributed by atoms with Crippen molar-refractivity contribution in [1.29, 1.82) is 0 Å². The lowest BCUT2D eigenvalue weighted by molar-refractivity contribution is -0.346. The number of fused-ring (bicyclic) bond motifs is 13. The molecule has 4 aliphatic carbocycles. The SMILES string of the molecule is C=Cc1c(C)c2cc3nc(c4c5[nH]c(cc6nc(cc1[nH]2)C(C)=C6CC)c(C)c5C(=O)C4C(=O)OC)[C@@H](CCC(=O)O[C@H](C(=O)O[C@H]1C[C@@]2(O)[C@@H](OC(=O)c4ccccc4)[C@@H]4[C@]5(OC(C)=O)CO[C@@H]5C[C@H](O)[C@@]4(C)C(=O)[C@H](OC(C)=O)C(=C1C)C2(C)C)[C@H](NC(=O)c1ccccc1)c1ccccc1)[C@@H]3C. The summed E-state index contributed by atoms with van der Waals surface area (Å²) >= 11 is 0. The van der Waals surface area contributed by atoms with Crippen LogP contribution in [-0.4, -0.2) is 145 Å². The molecule has 2 saturated carbocycles. The molecule has 1 amide bonds. The minimum absolute atomic E-state index is 0.0110. The van der Waals surface area contributed by atoms with E-state index in [1.165, 1.54) is 33.1 Å². The highest BCUT2D eigenvalue weighted by Crippen LogP contribution is 2.65. The molecule has 105 heavy (non-hydrogen) atoms. The van der Waals surface area contributed by atoms with Gasteiger partial charge >= 0.3 is 35.8 Å². The molecule has 3 aliphatic heterocycles. The van der Waals surface area contributed by atoms with E-state index in [2.05, 4.69) is 21.9 Å². The molecule has 3 fully saturated rings. The molecule has 3 aromatic heterocycles. The highest BCUT2D eigenvalue weighted by molar-refractivity contribution is 6.24. The number of benzene rings is 3. The average molecular weight is 1430 g/mol. The Morgan fingerprint density at radius 3 is 2.08 bits per heavy atom. The Kier molecular flexibility index (Phi) is 19.1. The first-order chi connectivity index (χ1) is 49.9. The number of carbonyl (C=O) groups is 9. The van der Waals surface area contributed by atoms with E-state index in [-0.39, 0.29) is 51.8 Å². The van der Waals surface area contributed by atoms with Crippen LogP contribution >= 0.6 is 0 Å². The van der Waals surface area contributed by atoms with E-state index in [0.717, 1.165) is 47.3 Å². The van der Waals surface area contributed by atoms with Gasteiger partial charge in [-0.25, -0.2) is 14.6 Å². The third-order valence-electron chi connectivity index (χ3n) is 23.3. The van der Waals surface area contributed by atoms with E-state index in [4.69, 9.17) is 43.1 Å². The minimum Gasteiger partial charge on any atom is -0.468 e. The normalized spacial score (nSPS) is 26.8. The molecular formula is C82H85N5O18. The average Bonchev–Trinajstić information content (AvgIpc) is 1.49. The Morgan fingerprint density at radius 1 is 0.810 bits per heavy atom. The number of nitrogens with one attached hydrogen (secondary N) is 3. The summed E-state index contributed by atoms with van der Waals surface area (Å²) in [6, 6.07) is 28.3. The van der Waals surface area contributed by atoms with Gasteiger partial charge in [0.2, 0.25) is 6.10 Å². The summed E-state index contributed by atoms with van der Waals surface area (Å²) in [6.45, 7) is 21.7. The molecular weight excluding hydrogens is 1340 g/mol. The number of methoxy groups -OCH3 is 1. The number of nitrogens with zero attached hydrogens (tertiary/aromatic N) is 2. The van der Waals surface area contributed by atoms with Crippen molar-refractivity contribution in [3.05, 3.63) is 194 Å². The lowest BCUT2D eigenvalue weighted by Crippen LogP contribution is -2.82. The Bertz CT molecular complexity index is 4900. The molecule has 6 heterocycles. The van der Waals surface area contributed by atoms with Gasteiger partial charge in [0, 0.05) is 94.9 Å². The van der Waals surface area contributed by atoms with Gasteiger partial charge in [-0.1, -0.05) is 107 Å². The number of amides is 1. The predicted molar refractivity (Wildman–Crippen MR) is 384 cm³/mol. The zero-order valence-corrected chi connectivity index (χ0v) is 60.6. The van der Waals surface area contributed by atoms with E-state index in [9.17, 15) is 34.2 Å². The summed E-state index contributed by atoms with van der Waals surface area (Å²) in [4.78, 5) is 151. The number of aromatic amines is 2. The highest BCUT2D eigenvalue weighted by Gasteiger charge is 2.78. The second-order valence-corrected chi connectivity index (χ2v) is 29.3. The molecule has 546 valence electrons.